The summed E-state index contributed by atoms with van der Waals surface area (Å²) in [6, 6.07) is 0. The first kappa shape index (κ1) is 54.4. The van der Waals surface area contributed by atoms with Gasteiger partial charge in [-0.25, -0.2) is 0 Å². The van der Waals surface area contributed by atoms with Crippen molar-refractivity contribution in [2.24, 2.45) is 0 Å². The molecule has 7 heteroatoms. The summed E-state index contributed by atoms with van der Waals surface area (Å²) >= 11 is 0. The Morgan fingerprint density at radius 3 is 1.11 bits per heavy atom. The summed E-state index contributed by atoms with van der Waals surface area (Å²) in [4.78, 5) is 9.00. The van der Waals surface area contributed by atoms with Gasteiger partial charge in [-0.3, -0.25) is 4.79 Å². The molecular weight excluding hydrogens is 277 g/mol. The van der Waals surface area contributed by atoms with Gasteiger partial charge in [0, 0.05) is 46.9 Å². The Kier molecular flexibility index (Phi) is 230. The Bertz CT molecular complexity index is 34.0. The van der Waals surface area contributed by atoms with Crippen molar-refractivity contribution in [3.63, 3.8) is 0 Å². The van der Waals surface area contributed by atoms with Gasteiger partial charge in [-0.2, -0.15) is 0 Å². The molecule has 0 unspecified atom stereocenters. The number of rotatable bonds is 0. The van der Waals surface area contributed by atoms with Crippen LogP contribution in [0.4, 0.5) is 0 Å². The predicted molar refractivity (Wildman–Crippen MR) is 27.8 cm³/mol. The Morgan fingerprint density at radius 2 is 1.11 bits per heavy atom. The van der Waals surface area contributed by atoms with Crippen molar-refractivity contribution in [3.05, 3.63) is 0 Å². The first-order valence-electron chi connectivity index (χ1n) is 0.928. The van der Waals surface area contributed by atoms with E-state index in [9.17, 15) is 0 Å². The Balaban J connectivity index is -0.00000000450. The number of hydrogen-bond acceptors (Lipinski definition) is 1. The van der Waals surface area contributed by atoms with Gasteiger partial charge < -0.3 is 27.0 Å². The fourth-order valence-corrected chi connectivity index (χ4v) is 0. The average Bonchev–Trinajstić information content (AvgIpc) is 0.811. The molecule has 0 aromatic carbocycles. The standard InChI is InChI=1S/C2H4O2.Gd.4H2O/c1-2(3)4;;;;;/h1H3,(H,3,4);;4*1H2. The van der Waals surface area contributed by atoms with E-state index in [1.54, 1.807) is 0 Å². The molecule has 0 aliphatic carbocycles. The van der Waals surface area contributed by atoms with Gasteiger partial charge in [0.1, 0.15) is 0 Å². The first-order chi connectivity index (χ1) is 1.73. The van der Waals surface area contributed by atoms with Crippen LogP contribution in [0.5, 0.6) is 0 Å². The number of carbonyl (C=O) groups is 1. The van der Waals surface area contributed by atoms with Crippen LogP contribution < -0.4 is 0 Å². The molecule has 0 aromatic heterocycles. The SMILES string of the molecule is CC(=O)O.O.O.O.O.[Gd]. The van der Waals surface area contributed by atoms with Gasteiger partial charge in [-0.15, -0.1) is 0 Å². The van der Waals surface area contributed by atoms with Gasteiger partial charge in [0.05, 0.1) is 0 Å². The zero-order chi connectivity index (χ0) is 3.58. The molecular formula is C2H12GdO6. The molecule has 0 aromatic rings. The van der Waals surface area contributed by atoms with Crippen molar-refractivity contribution >= 4 is 5.97 Å². The molecule has 9 heavy (non-hydrogen) atoms. The summed E-state index contributed by atoms with van der Waals surface area (Å²) in [6.07, 6.45) is 0. The van der Waals surface area contributed by atoms with E-state index in [0.29, 0.717) is 0 Å². The van der Waals surface area contributed by atoms with E-state index < -0.39 is 5.97 Å². The first-order valence-corrected chi connectivity index (χ1v) is 0.928. The molecule has 0 bridgehead atoms. The summed E-state index contributed by atoms with van der Waals surface area (Å²) in [5.74, 6) is -0.833. The molecule has 0 saturated heterocycles. The van der Waals surface area contributed by atoms with Crippen LogP contribution in [0.3, 0.4) is 0 Å². The number of aliphatic carboxylic acids is 1. The second-order valence-corrected chi connectivity index (χ2v) is 0.519. The largest absolute Gasteiger partial charge is 0.481 e. The van der Waals surface area contributed by atoms with E-state index in [1.807, 2.05) is 0 Å². The maximum atomic E-state index is 9.00. The van der Waals surface area contributed by atoms with Crippen LogP contribution in [0.1, 0.15) is 6.92 Å². The molecule has 0 fully saturated rings. The van der Waals surface area contributed by atoms with Crippen molar-refractivity contribution in [1.29, 1.82) is 0 Å². The van der Waals surface area contributed by atoms with Gasteiger partial charge >= 0.3 is 0 Å². The van der Waals surface area contributed by atoms with Crippen LogP contribution in [-0.4, -0.2) is 33.0 Å². The van der Waals surface area contributed by atoms with Crippen LogP contribution in [0.15, 0.2) is 0 Å². The molecule has 0 rings (SSSR count). The van der Waals surface area contributed by atoms with Crippen LogP contribution in [0.25, 0.3) is 0 Å². The molecule has 0 heterocycles. The van der Waals surface area contributed by atoms with Gasteiger partial charge in [0.25, 0.3) is 5.97 Å². The fourth-order valence-electron chi connectivity index (χ4n) is 0. The van der Waals surface area contributed by atoms with Gasteiger partial charge in [-0.05, 0) is 0 Å². The third kappa shape index (κ3) is 944. The molecule has 6 nitrogen and oxygen atoms in total. The normalized spacial score (nSPS) is 2.78. The smallest absolute Gasteiger partial charge is 0.300 e. The number of hydrogen-bond donors (Lipinski definition) is 1. The van der Waals surface area contributed by atoms with Crippen molar-refractivity contribution in [2.75, 3.05) is 0 Å². The van der Waals surface area contributed by atoms with Crippen molar-refractivity contribution in [3.8, 4) is 0 Å². The topological polar surface area (TPSA) is 163 Å². The van der Waals surface area contributed by atoms with Gasteiger partial charge in [-0.1, -0.05) is 0 Å². The van der Waals surface area contributed by atoms with E-state index in [2.05, 4.69) is 0 Å². The second-order valence-electron chi connectivity index (χ2n) is 0.519. The molecule has 0 saturated carbocycles. The maximum Gasteiger partial charge on any atom is 0.300 e. The van der Waals surface area contributed by atoms with Crippen LogP contribution in [0.2, 0.25) is 0 Å². The Morgan fingerprint density at radius 1 is 1.11 bits per heavy atom. The Hall–Kier alpha value is 0.635. The fraction of sp³-hybridized carbons (Fsp3) is 0.500. The van der Waals surface area contributed by atoms with Gasteiger partial charge in [0.2, 0.25) is 0 Å². The van der Waals surface area contributed by atoms with Crippen LogP contribution >= 0.6 is 0 Å². The number of carboxylic acid groups (broad SMARTS) is 1. The van der Waals surface area contributed by atoms with Crippen LogP contribution in [0, 0.1) is 39.9 Å². The average molecular weight is 289 g/mol. The van der Waals surface area contributed by atoms with E-state index in [-0.39, 0.29) is 61.8 Å². The maximum absolute atomic E-state index is 9.00. The zero-order valence-corrected chi connectivity index (χ0v) is 6.98. The van der Waals surface area contributed by atoms with E-state index >= 15 is 0 Å². The number of carboxylic acids is 1. The molecule has 0 aliphatic heterocycles. The zero-order valence-electron chi connectivity index (χ0n) is 4.71. The third-order valence-electron chi connectivity index (χ3n) is 0. The summed E-state index contributed by atoms with van der Waals surface area (Å²) < 4.78 is 0. The van der Waals surface area contributed by atoms with Crippen molar-refractivity contribution < 1.29 is 71.7 Å². The quantitative estimate of drug-likeness (QED) is 0.496. The van der Waals surface area contributed by atoms with E-state index in [1.165, 1.54) is 0 Å². The minimum atomic E-state index is -0.833. The minimum Gasteiger partial charge on any atom is -0.481 e. The molecule has 64 valence electrons. The molecule has 0 aliphatic rings. The molecule has 0 atom stereocenters. The monoisotopic (exact) mass is 290 g/mol. The van der Waals surface area contributed by atoms with Crippen molar-refractivity contribution in [1.82, 2.24) is 0 Å². The van der Waals surface area contributed by atoms with Crippen molar-refractivity contribution in [2.45, 2.75) is 6.92 Å². The molecule has 9 N–H and O–H groups in total. The third-order valence-corrected chi connectivity index (χ3v) is 0. The summed E-state index contributed by atoms with van der Waals surface area (Å²) in [5.41, 5.74) is 0. The van der Waals surface area contributed by atoms with E-state index in [0.717, 1.165) is 6.92 Å². The predicted octanol–water partition coefficient (Wildman–Crippen LogP) is -3.21. The molecule has 0 radical (unpaired) electrons. The minimum absolute atomic E-state index is 0. The summed E-state index contributed by atoms with van der Waals surface area (Å²) in [6.45, 7) is 1.08. The second kappa shape index (κ2) is 38.1. The van der Waals surface area contributed by atoms with Gasteiger partial charge in [0.15, 0.2) is 0 Å². The van der Waals surface area contributed by atoms with E-state index in [4.69, 9.17) is 9.90 Å². The Labute approximate surface area is 84.2 Å². The van der Waals surface area contributed by atoms with Crippen LogP contribution in [-0.2, 0) is 4.79 Å². The summed E-state index contributed by atoms with van der Waals surface area (Å²) in [5, 5.41) is 7.42. The molecule has 0 spiro atoms. The molecule has 0 amide bonds. The summed E-state index contributed by atoms with van der Waals surface area (Å²) in [7, 11) is 0.